The largest absolute Gasteiger partial charge is 0.453 e. The van der Waals surface area contributed by atoms with Crippen molar-refractivity contribution in [2.24, 2.45) is 18.6 Å². The van der Waals surface area contributed by atoms with Gasteiger partial charge in [-0.1, -0.05) is 13.8 Å². The molecule has 5 N–H and O–H groups in total. The lowest BCUT2D eigenvalue weighted by atomic mass is 9.72. The SMILES string of the molecule is [2H]C([2H])([2H])n1ncc2c(-c3nc(N)c4c(n3)NC(=O)C4(C(N)=O)C(C)C)nc(CCC(F)(F)C(F)(F)F)nc21. The highest BCUT2D eigenvalue weighted by molar-refractivity contribution is 6.21. The van der Waals surface area contributed by atoms with Gasteiger partial charge in [0.25, 0.3) is 0 Å². The van der Waals surface area contributed by atoms with Crippen LogP contribution in [0, 0.1) is 5.92 Å². The Bertz CT molecular complexity index is 1510. The Labute approximate surface area is 203 Å². The van der Waals surface area contributed by atoms with Gasteiger partial charge in [0.1, 0.15) is 23.2 Å². The van der Waals surface area contributed by atoms with Crippen molar-refractivity contribution in [3.05, 3.63) is 17.6 Å². The number of nitrogens with two attached hydrogens (primary N) is 2. The normalized spacial score (nSPS) is 19.7. The summed E-state index contributed by atoms with van der Waals surface area (Å²) in [6.45, 7) is 0.185. The molecule has 0 fully saturated rings. The van der Waals surface area contributed by atoms with Gasteiger partial charge in [-0.15, -0.1) is 0 Å². The average molecular weight is 516 g/mol. The van der Waals surface area contributed by atoms with E-state index in [0.717, 1.165) is 6.20 Å². The number of nitrogens with zero attached hydrogens (tertiary/aromatic N) is 6. The van der Waals surface area contributed by atoms with Crippen LogP contribution < -0.4 is 16.8 Å². The highest BCUT2D eigenvalue weighted by Gasteiger charge is 2.57. The summed E-state index contributed by atoms with van der Waals surface area (Å²) in [6.07, 6.45) is -7.57. The molecule has 0 spiro atoms. The molecule has 1 unspecified atom stereocenters. The summed E-state index contributed by atoms with van der Waals surface area (Å²) in [7, 11) is 0. The minimum Gasteiger partial charge on any atom is -0.383 e. The van der Waals surface area contributed by atoms with Crippen LogP contribution >= 0.6 is 0 Å². The molecule has 3 aromatic heterocycles. The predicted octanol–water partition coefficient (Wildman–Crippen LogP) is 1.86. The Morgan fingerprint density at radius 3 is 2.50 bits per heavy atom. The minimum atomic E-state index is -5.83. The Balaban J connectivity index is 1.92. The number of hydrogen-bond acceptors (Lipinski definition) is 8. The molecule has 0 aliphatic carbocycles. The maximum atomic E-state index is 13.6. The zero-order valence-electron chi connectivity index (χ0n) is 21.6. The first kappa shape index (κ1) is 21.3. The van der Waals surface area contributed by atoms with E-state index < -0.39 is 66.5 Å². The van der Waals surface area contributed by atoms with Gasteiger partial charge < -0.3 is 16.8 Å². The summed E-state index contributed by atoms with van der Waals surface area (Å²) >= 11 is 0. The number of alkyl halides is 5. The number of carbonyl (C=O) groups excluding carboxylic acids is 2. The molecular weight excluding hydrogens is 493 g/mol. The number of nitrogen functional groups attached to an aromatic ring is 1. The van der Waals surface area contributed by atoms with Crippen LogP contribution in [0.4, 0.5) is 33.6 Å². The molecule has 0 saturated heterocycles. The van der Waals surface area contributed by atoms with E-state index in [1.165, 1.54) is 0 Å². The van der Waals surface area contributed by atoms with E-state index >= 15 is 0 Å². The topological polar surface area (TPSA) is 168 Å². The molecule has 1 aliphatic heterocycles. The van der Waals surface area contributed by atoms with Crippen molar-refractivity contribution in [3.63, 3.8) is 0 Å². The summed E-state index contributed by atoms with van der Waals surface area (Å²) < 4.78 is 88.7. The van der Waals surface area contributed by atoms with E-state index in [2.05, 4.69) is 30.4 Å². The monoisotopic (exact) mass is 516 g/mol. The van der Waals surface area contributed by atoms with Gasteiger partial charge >= 0.3 is 12.1 Å². The van der Waals surface area contributed by atoms with E-state index in [4.69, 9.17) is 15.6 Å². The van der Waals surface area contributed by atoms with Gasteiger partial charge in [0, 0.05) is 23.9 Å². The van der Waals surface area contributed by atoms with Crippen LogP contribution in [0.5, 0.6) is 0 Å². The second-order valence-corrected chi connectivity index (χ2v) is 8.42. The predicted molar refractivity (Wildman–Crippen MR) is 115 cm³/mol. The number of aryl methyl sites for hydroxylation is 2. The van der Waals surface area contributed by atoms with Crippen LogP contribution in [-0.4, -0.2) is 53.6 Å². The summed E-state index contributed by atoms with van der Waals surface area (Å²) in [5.74, 6) is -9.16. The number of aromatic nitrogens is 6. The van der Waals surface area contributed by atoms with Gasteiger partial charge in [-0.25, -0.2) is 19.9 Å². The van der Waals surface area contributed by atoms with Crippen LogP contribution in [0.3, 0.4) is 0 Å². The average Bonchev–Trinajstić information content (AvgIpc) is 3.35. The fourth-order valence-electron chi connectivity index (χ4n) is 4.10. The zero-order valence-corrected chi connectivity index (χ0v) is 18.6. The Kier molecular flexibility index (Phi) is 4.75. The van der Waals surface area contributed by atoms with E-state index in [0.29, 0.717) is 4.68 Å². The maximum Gasteiger partial charge on any atom is 0.453 e. The summed E-state index contributed by atoms with van der Waals surface area (Å²) in [6, 6.07) is 0. The maximum absolute atomic E-state index is 13.6. The number of rotatable bonds is 6. The van der Waals surface area contributed by atoms with Crippen LogP contribution in [0.15, 0.2) is 6.20 Å². The molecule has 16 heteroatoms. The second-order valence-electron chi connectivity index (χ2n) is 8.42. The van der Waals surface area contributed by atoms with Crippen LogP contribution in [0.1, 0.15) is 35.8 Å². The Morgan fingerprint density at radius 2 is 1.92 bits per heavy atom. The number of hydrogen-bond donors (Lipinski definition) is 3. The van der Waals surface area contributed by atoms with Gasteiger partial charge in [0.2, 0.25) is 11.8 Å². The molecule has 4 rings (SSSR count). The molecule has 0 radical (unpaired) electrons. The minimum absolute atomic E-state index is 0.104. The number of nitrogens with one attached hydrogen (secondary N) is 1. The number of amides is 2. The molecule has 0 bridgehead atoms. The highest BCUT2D eigenvalue weighted by atomic mass is 19.4. The van der Waals surface area contributed by atoms with Crippen molar-refractivity contribution < 1.29 is 35.7 Å². The fraction of sp³-hybridized carbons (Fsp3) is 0.450. The van der Waals surface area contributed by atoms with Gasteiger partial charge in [-0.05, 0) is 5.92 Å². The first-order valence-corrected chi connectivity index (χ1v) is 10.3. The molecule has 0 saturated carbocycles. The summed E-state index contributed by atoms with van der Waals surface area (Å²) in [5, 5.41) is 6.03. The number of halogens is 5. The molecular formula is C20H20F5N9O2. The van der Waals surface area contributed by atoms with Crippen molar-refractivity contribution in [2.75, 3.05) is 11.1 Å². The molecule has 36 heavy (non-hydrogen) atoms. The molecule has 2 amide bonds. The van der Waals surface area contributed by atoms with Gasteiger partial charge in [0.05, 0.1) is 17.1 Å². The Hall–Kier alpha value is -3.98. The quantitative estimate of drug-likeness (QED) is 0.330. The van der Waals surface area contributed by atoms with Crippen LogP contribution in [0.2, 0.25) is 0 Å². The van der Waals surface area contributed by atoms with E-state index in [1.807, 2.05) is 0 Å². The fourth-order valence-corrected chi connectivity index (χ4v) is 4.10. The van der Waals surface area contributed by atoms with Crippen molar-refractivity contribution in [3.8, 4) is 11.5 Å². The molecule has 0 aromatic carbocycles. The van der Waals surface area contributed by atoms with Gasteiger partial charge in [-0.3, -0.25) is 14.3 Å². The summed E-state index contributed by atoms with van der Waals surface area (Å²) in [4.78, 5) is 41.4. The number of primary amides is 1. The zero-order chi connectivity index (χ0) is 29.3. The molecule has 1 aliphatic rings. The van der Waals surface area contributed by atoms with Crippen molar-refractivity contribution in [2.45, 2.75) is 44.2 Å². The lowest BCUT2D eigenvalue weighted by Crippen LogP contribution is -2.51. The third-order valence-electron chi connectivity index (χ3n) is 5.94. The number of fused-ring (bicyclic) bond motifs is 2. The molecule has 3 aromatic rings. The first-order chi connectivity index (χ1) is 17.8. The lowest BCUT2D eigenvalue weighted by Gasteiger charge is -2.28. The second kappa shape index (κ2) is 8.03. The number of carbonyl (C=O) groups is 2. The number of anilines is 2. The van der Waals surface area contributed by atoms with E-state index in [1.54, 1.807) is 13.8 Å². The van der Waals surface area contributed by atoms with Gasteiger partial charge in [-0.2, -0.15) is 27.1 Å². The van der Waals surface area contributed by atoms with Crippen molar-refractivity contribution in [1.29, 1.82) is 0 Å². The Morgan fingerprint density at radius 1 is 1.22 bits per heavy atom. The van der Waals surface area contributed by atoms with E-state index in [-0.39, 0.29) is 34.1 Å². The smallest absolute Gasteiger partial charge is 0.383 e. The first-order valence-electron chi connectivity index (χ1n) is 11.8. The molecule has 11 nitrogen and oxygen atoms in total. The lowest BCUT2D eigenvalue weighted by molar-refractivity contribution is -0.284. The van der Waals surface area contributed by atoms with Crippen LogP contribution in [0.25, 0.3) is 22.6 Å². The van der Waals surface area contributed by atoms with E-state index in [9.17, 15) is 31.5 Å². The molecule has 4 heterocycles. The standard InChI is InChI=1S/C20H20F5N9O2/c1-7(2)19(16(27)35)10-12(26)31-14(32-13(10)33-17(19)36)11-8-6-28-34(3)15(8)30-9(29-11)4-5-18(21,22)20(23,24)25/h6-7H,4-5H2,1-3H3,(H2,27,35)(H3,26,31,32,33,36)/i3D3. The van der Waals surface area contributed by atoms with Crippen LogP contribution in [-0.2, 0) is 28.4 Å². The third-order valence-corrected chi connectivity index (χ3v) is 5.94. The van der Waals surface area contributed by atoms with Gasteiger partial charge in [0.15, 0.2) is 16.9 Å². The van der Waals surface area contributed by atoms with Crippen molar-refractivity contribution >= 4 is 34.5 Å². The third kappa shape index (κ3) is 3.58. The van der Waals surface area contributed by atoms with Crippen molar-refractivity contribution in [1.82, 2.24) is 29.7 Å². The highest BCUT2D eigenvalue weighted by Crippen LogP contribution is 2.45. The summed E-state index contributed by atoms with van der Waals surface area (Å²) in [5.41, 5.74) is 8.91. The molecule has 192 valence electrons. The molecule has 1 atom stereocenters.